The molecule has 2 heterocycles. The van der Waals surface area contributed by atoms with E-state index in [4.69, 9.17) is 20.4 Å². The maximum absolute atomic E-state index is 11.2. The van der Waals surface area contributed by atoms with E-state index >= 15 is 0 Å². The van der Waals surface area contributed by atoms with Gasteiger partial charge in [0.2, 0.25) is 0 Å². The normalized spacial score (nSPS) is 13.2. The van der Waals surface area contributed by atoms with Crippen molar-refractivity contribution in [2.75, 3.05) is 12.3 Å². The topological polar surface area (TPSA) is 288 Å². The molecule has 152 valence electrons. The van der Waals surface area contributed by atoms with Gasteiger partial charge in [0, 0.05) is 6.54 Å². The summed E-state index contributed by atoms with van der Waals surface area (Å²) in [6, 6.07) is 0. The van der Waals surface area contributed by atoms with Gasteiger partial charge < -0.3 is 43.4 Å². The number of anilines is 1. The van der Waals surface area contributed by atoms with Gasteiger partial charge in [0.05, 0.1) is 12.9 Å². The zero-order valence-electron chi connectivity index (χ0n) is 13.8. The minimum atomic E-state index is -5.09. The first-order valence-electron chi connectivity index (χ1n) is 6.33. The molecule has 17 heteroatoms. The second-order valence-electron chi connectivity index (χ2n) is 4.45. The van der Waals surface area contributed by atoms with Gasteiger partial charge in [-0.1, -0.05) is 0 Å². The average molecular weight is 418 g/mol. The van der Waals surface area contributed by atoms with Crippen LogP contribution < -0.4 is 24.2 Å². The number of phosphoric acid groups is 2. The van der Waals surface area contributed by atoms with Crippen LogP contribution in [0.4, 0.5) is 5.82 Å². The number of aromatic nitrogens is 4. The highest BCUT2D eigenvalue weighted by atomic mass is 31.3. The van der Waals surface area contributed by atoms with Gasteiger partial charge in [-0.2, -0.15) is 4.31 Å². The number of unbranched alkanes of at least 4 members (excludes halogenated alkanes) is 1. The van der Waals surface area contributed by atoms with E-state index in [9.17, 15) is 9.13 Å². The first-order valence-corrected chi connectivity index (χ1v) is 9.36. The minimum Gasteiger partial charge on any atom is -0.382 e. The highest BCUT2D eigenvalue weighted by Gasteiger charge is 2.31. The predicted molar refractivity (Wildman–Crippen MR) is 92.9 cm³/mol. The molecule has 0 saturated carbocycles. The van der Waals surface area contributed by atoms with E-state index in [0.717, 1.165) is 0 Å². The second kappa shape index (κ2) is 10.6. The lowest BCUT2D eigenvalue weighted by molar-refractivity contribution is 0.175. The van der Waals surface area contributed by atoms with Crippen molar-refractivity contribution in [3.63, 3.8) is 0 Å². The zero-order valence-corrected chi connectivity index (χ0v) is 15.6. The molecule has 0 aliphatic carbocycles. The van der Waals surface area contributed by atoms with E-state index in [-0.39, 0.29) is 30.9 Å². The third kappa shape index (κ3) is 7.80. The third-order valence-corrected chi connectivity index (χ3v) is 4.87. The fourth-order valence-electron chi connectivity index (χ4n) is 1.78. The molecule has 2 rings (SSSR count). The highest BCUT2D eigenvalue weighted by molar-refractivity contribution is 7.60. The lowest BCUT2D eigenvalue weighted by atomic mass is 10.3. The summed E-state index contributed by atoms with van der Waals surface area (Å²) in [6.45, 7) is 0.281. The van der Waals surface area contributed by atoms with Crippen LogP contribution in [0.15, 0.2) is 12.7 Å². The molecule has 1 atom stereocenters. The highest BCUT2D eigenvalue weighted by Crippen LogP contribution is 2.57. The van der Waals surface area contributed by atoms with E-state index < -0.39 is 15.6 Å². The fraction of sp³-hybridized carbons (Fsp3) is 0.444. The van der Waals surface area contributed by atoms with Crippen molar-refractivity contribution in [2.45, 2.75) is 19.4 Å². The van der Waals surface area contributed by atoms with Gasteiger partial charge in [0.15, 0.2) is 11.5 Å². The van der Waals surface area contributed by atoms with Crippen LogP contribution in [0, 0.1) is 0 Å². The van der Waals surface area contributed by atoms with Gasteiger partial charge in [-0.05, 0) is 12.8 Å². The molecule has 26 heavy (non-hydrogen) atoms. The van der Waals surface area contributed by atoms with Gasteiger partial charge in [-0.25, -0.2) is 24.1 Å². The molecule has 2 aromatic heterocycles. The Morgan fingerprint density at radius 1 is 1.08 bits per heavy atom. The Morgan fingerprint density at radius 2 is 1.73 bits per heavy atom. The van der Waals surface area contributed by atoms with E-state index in [0.29, 0.717) is 30.6 Å². The number of phosphoric ester groups is 1. The lowest BCUT2D eigenvalue weighted by Crippen LogP contribution is -2.01. The van der Waals surface area contributed by atoms with Crippen LogP contribution in [0.2, 0.25) is 0 Å². The summed E-state index contributed by atoms with van der Waals surface area (Å²) >= 11 is 0. The van der Waals surface area contributed by atoms with Crippen molar-refractivity contribution < 1.29 is 32.6 Å². The van der Waals surface area contributed by atoms with Gasteiger partial charge in [0.1, 0.15) is 11.8 Å². The Labute approximate surface area is 148 Å². The SMILES string of the molecule is N.N.N.Nc1ncnc2c1ncn2CCCCOP(=O)(O)OP(=O)(O)O. The van der Waals surface area contributed by atoms with Crippen LogP contribution >= 0.6 is 15.6 Å². The Kier molecular flexibility index (Phi) is 10.9. The van der Waals surface area contributed by atoms with E-state index in [2.05, 4.69) is 23.8 Å². The predicted octanol–water partition coefficient (Wildman–Crippen LogP) is 0.901. The van der Waals surface area contributed by atoms with Gasteiger partial charge >= 0.3 is 15.6 Å². The summed E-state index contributed by atoms with van der Waals surface area (Å²) in [5, 5.41) is 0. The summed E-state index contributed by atoms with van der Waals surface area (Å²) in [4.78, 5) is 37.9. The smallest absolute Gasteiger partial charge is 0.382 e. The molecule has 0 spiro atoms. The van der Waals surface area contributed by atoms with Crippen molar-refractivity contribution in [1.82, 2.24) is 38.0 Å². The molecule has 0 aliphatic rings. The third-order valence-electron chi connectivity index (χ3n) is 2.69. The van der Waals surface area contributed by atoms with Crippen LogP contribution in [0.3, 0.4) is 0 Å². The Balaban J connectivity index is 0. The zero-order chi connectivity index (χ0) is 17.1. The number of hydrogen-bond acceptors (Lipinski definition) is 11. The fourth-order valence-corrected chi connectivity index (χ4v) is 3.41. The quantitative estimate of drug-likeness (QED) is 0.231. The molecule has 0 fully saturated rings. The molecule has 0 saturated heterocycles. The number of hydrogen-bond donors (Lipinski definition) is 7. The van der Waals surface area contributed by atoms with Crippen LogP contribution in [0.5, 0.6) is 0 Å². The molecule has 14 N–H and O–H groups in total. The van der Waals surface area contributed by atoms with Crippen molar-refractivity contribution in [2.24, 2.45) is 0 Å². The average Bonchev–Trinajstić information content (AvgIpc) is 2.80. The maximum atomic E-state index is 11.2. The molecule has 15 nitrogen and oxygen atoms in total. The molecule has 0 bridgehead atoms. The molecule has 0 aliphatic heterocycles. The summed E-state index contributed by atoms with van der Waals surface area (Å²) in [6.07, 6.45) is 3.74. The summed E-state index contributed by atoms with van der Waals surface area (Å²) in [7, 11) is -9.87. The van der Waals surface area contributed by atoms with Crippen molar-refractivity contribution in [3.05, 3.63) is 12.7 Å². The number of nitrogens with two attached hydrogens (primary N) is 1. The Hall–Kier alpha value is -1.51. The van der Waals surface area contributed by atoms with Gasteiger partial charge in [-0.3, -0.25) is 4.52 Å². The van der Waals surface area contributed by atoms with E-state index in [1.54, 1.807) is 10.9 Å². The van der Waals surface area contributed by atoms with Crippen molar-refractivity contribution in [1.29, 1.82) is 0 Å². The number of fused-ring (bicyclic) bond motifs is 1. The van der Waals surface area contributed by atoms with Gasteiger partial charge in [-0.15, -0.1) is 0 Å². The number of imidazole rings is 1. The molecule has 0 aromatic carbocycles. The number of aryl methyl sites for hydroxylation is 1. The standard InChI is InChI=1S/C9H15N5O7P2.3H3N/c10-8-7-9(12-5-11-8)14(6-13-7)3-1-2-4-20-23(18,19)21-22(15,16)17;;;/h5-6H,1-4H2,(H,18,19)(H2,10,11,12)(H2,15,16,17);3*1H3. The first kappa shape index (κ1) is 26.7. The van der Waals surface area contributed by atoms with E-state index in [1.165, 1.54) is 6.33 Å². The molecular weight excluding hydrogens is 394 g/mol. The van der Waals surface area contributed by atoms with Crippen molar-refractivity contribution in [3.8, 4) is 0 Å². The minimum absolute atomic E-state index is 0. The Bertz CT molecular complexity index is 781. The molecule has 0 radical (unpaired) electrons. The second-order valence-corrected chi connectivity index (χ2v) is 7.28. The molecule has 1 unspecified atom stereocenters. The summed E-state index contributed by atoms with van der Waals surface area (Å²) < 4.78 is 31.5. The summed E-state index contributed by atoms with van der Waals surface area (Å²) in [5.74, 6) is 0.271. The number of rotatable bonds is 8. The van der Waals surface area contributed by atoms with Gasteiger partial charge in [0.25, 0.3) is 0 Å². The van der Waals surface area contributed by atoms with E-state index in [1.807, 2.05) is 0 Å². The Morgan fingerprint density at radius 3 is 2.35 bits per heavy atom. The summed E-state index contributed by atoms with van der Waals surface area (Å²) in [5.41, 5.74) is 6.71. The van der Waals surface area contributed by atoms with Crippen LogP contribution in [0.25, 0.3) is 11.2 Å². The lowest BCUT2D eigenvalue weighted by Gasteiger charge is -2.12. The van der Waals surface area contributed by atoms with Crippen LogP contribution in [-0.2, 0) is 24.5 Å². The van der Waals surface area contributed by atoms with Crippen LogP contribution in [-0.4, -0.2) is 40.8 Å². The largest absolute Gasteiger partial charge is 0.481 e. The number of nitrogen functional groups attached to an aromatic ring is 1. The van der Waals surface area contributed by atoms with Crippen molar-refractivity contribution >= 4 is 32.6 Å². The maximum Gasteiger partial charge on any atom is 0.481 e. The molecule has 0 amide bonds. The molecular formula is C9H24N8O7P2. The number of nitrogens with zero attached hydrogens (tertiary/aromatic N) is 4. The monoisotopic (exact) mass is 418 g/mol. The molecule has 2 aromatic rings. The van der Waals surface area contributed by atoms with Crippen LogP contribution in [0.1, 0.15) is 12.8 Å². The first-order chi connectivity index (χ1) is 10.7.